The Morgan fingerprint density at radius 1 is 1.32 bits per heavy atom. The first-order valence-corrected chi connectivity index (χ1v) is 8.53. The van der Waals surface area contributed by atoms with Gasteiger partial charge in [-0.1, -0.05) is 36.7 Å². The van der Waals surface area contributed by atoms with Gasteiger partial charge in [-0.2, -0.15) is 0 Å². The molecule has 19 heavy (non-hydrogen) atoms. The minimum Gasteiger partial charge on any atom is -0.396 e. The average Bonchev–Trinajstić information content (AvgIpc) is 2.37. The third-order valence-corrected chi connectivity index (χ3v) is 4.66. The van der Waals surface area contributed by atoms with Crippen LogP contribution in [0.4, 0.5) is 0 Å². The summed E-state index contributed by atoms with van der Waals surface area (Å²) in [7, 11) is 0. The Bertz CT molecular complexity index is 384. The van der Waals surface area contributed by atoms with Crippen LogP contribution in [-0.2, 0) is 6.54 Å². The molecular formula is C15H24BrNOS. The molecule has 0 aliphatic carbocycles. The van der Waals surface area contributed by atoms with E-state index in [-0.39, 0.29) is 6.61 Å². The lowest BCUT2D eigenvalue weighted by molar-refractivity contribution is 0.250. The molecule has 1 unspecified atom stereocenters. The maximum atomic E-state index is 9.10. The van der Waals surface area contributed by atoms with Crippen molar-refractivity contribution in [3.05, 3.63) is 28.2 Å². The van der Waals surface area contributed by atoms with E-state index in [0.717, 1.165) is 23.3 Å². The molecule has 0 fully saturated rings. The van der Waals surface area contributed by atoms with E-state index < -0.39 is 0 Å². The molecule has 0 saturated heterocycles. The summed E-state index contributed by atoms with van der Waals surface area (Å²) in [6, 6.07) is 6.42. The predicted molar refractivity (Wildman–Crippen MR) is 87.7 cm³/mol. The highest BCUT2D eigenvalue weighted by Crippen LogP contribution is 2.27. The second kappa shape index (κ2) is 9.01. The van der Waals surface area contributed by atoms with Crippen LogP contribution in [0.3, 0.4) is 0 Å². The highest BCUT2D eigenvalue weighted by molar-refractivity contribution is 9.10. The lowest BCUT2D eigenvalue weighted by Crippen LogP contribution is -2.19. The van der Waals surface area contributed by atoms with E-state index in [1.165, 1.54) is 10.5 Å². The van der Waals surface area contributed by atoms with Gasteiger partial charge in [-0.25, -0.2) is 0 Å². The third kappa shape index (κ3) is 6.80. The van der Waals surface area contributed by atoms with Crippen molar-refractivity contribution in [2.24, 2.45) is 11.8 Å². The first-order valence-electron chi connectivity index (χ1n) is 6.75. The maximum Gasteiger partial charge on any atom is 0.0464 e. The molecule has 1 aromatic carbocycles. The zero-order chi connectivity index (χ0) is 14.3. The molecule has 2 N–H and O–H groups in total. The second-order valence-corrected chi connectivity index (χ2v) is 7.35. The van der Waals surface area contributed by atoms with Crippen molar-refractivity contribution in [1.29, 1.82) is 0 Å². The van der Waals surface area contributed by atoms with Crippen LogP contribution in [0.25, 0.3) is 0 Å². The summed E-state index contributed by atoms with van der Waals surface area (Å²) in [6.07, 6.45) is 0. The topological polar surface area (TPSA) is 32.3 Å². The normalized spacial score (nSPS) is 12.9. The van der Waals surface area contributed by atoms with Gasteiger partial charge in [0, 0.05) is 28.3 Å². The Balaban J connectivity index is 2.63. The molecule has 0 bridgehead atoms. The summed E-state index contributed by atoms with van der Waals surface area (Å²) in [5.41, 5.74) is 1.32. The molecule has 0 heterocycles. The van der Waals surface area contributed by atoms with Gasteiger partial charge >= 0.3 is 0 Å². The number of aliphatic hydroxyl groups excluding tert-OH is 1. The quantitative estimate of drug-likeness (QED) is 0.700. The Hall–Kier alpha value is -0.0300. The Labute approximate surface area is 129 Å². The van der Waals surface area contributed by atoms with Gasteiger partial charge in [0.25, 0.3) is 0 Å². The summed E-state index contributed by atoms with van der Waals surface area (Å²) in [4.78, 5) is 1.31. The minimum atomic E-state index is 0.254. The highest BCUT2D eigenvalue weighted by atomic mass is 79.9. The lowest BCUT2D eigenvalue weighted by Gasteiger charge is -2.13. The molecule has 2 nitrogen and oxygen atoms in total. The van der Waals surface area contributed by atoms with Crippen molar-refractivity contribution in [3.8, 4) is 0 Å². The van der Waals surface area contributed by atoms with Gasteiger partial charge in [0.15, 0.2) is 0 Å². The van der Waals surface area contributed by atoms with E-state index in [4.69, 9.17) is 5.11 Å². The van der Waals surface area contributed by atoms with Crippen LogP contribution in [0.2, 0.25) is 0 Å². The molecule has 0 aliphatic heterocycles. The fourth-order valence-electron chi connectivity index (χ4n) is 1.61. The Morgan fingerprint density at radius 2 is 2.05 bits per heavy atom. The molecule has 1 atom stereocenters. The number of hydrogen-bond donors (Lipinski definition) is 2. The van der Waals surface area contributed by atoms with E-state index >= 15 is 0 Å². The molecule has 0 amide bonds. The van der Waals surface area contributed by atoms with Crippen molar-refractivity contribution in [2.45, 2.75) is 32.2 Å². The Morgan fingerprint density at radius 3 is 2.68 bits per heavy atom. The molecule has 108 valence electrons. The Kier molecular flexibility index (Phi) is 8.07. The van der Waals surface area contributed by atoms with E-state index in [1.807, 2.05) is 11.8 Å². The molecule has 0 radical (unpaired) electrons. The van der Waals surface area contributed by atoms with Crippen LogP contribution >= 0.6 is 27.7 Å². The number of aliphatic hydroxyl groups is 1. The maximum absolute atomic E-state index is 9.10. The van der Waals surface area contributed by atoms with Gasteiger partial charge in [-0.3, -0.25) is 0 Å². The van der Waals surface area contributed by atoms with Gasteiger partial charge in [0.1, 0.15) is 0 Å². The van der Waals surface area contributed by atoms with Crippen LogP contribution < -0.4 is 5.32 Å². The van der Waals surface area contributed by atoms with Gasteiger partial charge in [-0.05, 0) is 42.1 Å². The SMILES string of the molecule is CC(C)CNCc1cc(Br)ccc1SCC(C)CO. The second-order valence-electron chi connectivity index (χ2n) is 5.38. The fourth-order valence-corrected chi connectivity index (χ4v) is 3.07. The van der Waals surface area contributed by atoms with Crippen molar-refractivity contribution in [3.63, 3.8) is 0 Å². The predicted octanol–water partition coefficient (Wildman–Crippen LogP) is 3.92. The average molecular weight is 346 g/mol. The summed E-state index contributed by atoms with van der Waals surface area (Å²) >= 11 is 5.36. The first-order chi connectivity index (χ1) is 9.02. The first kappa shape index (κ1) is 17.0. The monoisotopic (exact) mass is 345 g/mol. The lowest BCUT2D eigenvalue weighted by atomic mass is 10.2. The van der Waals surface area contributed by atoms with Crippen molar-refractivity contribution in [2.75, 3.05) is 18.9 Å². The smallest absolute Gasteiger partial charge is 0.0464 e. The summed E-state index contributed by atoms with van der Waals surface area (Å²) in [6.45, 7) is 8.68. The fraction of sp³-hybridized carbons (Fsp3) is 0.600. The van der Waals surface area contributed by atoms with Crippen LogP contribution in [0.5, 0.6) is 0 Å². The molecule has 0 spiro atoms. The highest BCUT2D eigenvalue weighted by Gasteiger charge is 2.07. The standard InChI is InChI=1S/C15H24BrNOS/c1-11(2)7-17-8-13-6-14(16)4-5-15(13)19-10-12(3)9-18/h4-6,11-12,17-18H,7-10H2,1-3H3. The zero-order valence-electron chi connectivity index (χ0n) is 11.9. The molecule has 0 saturated carbocycles. The number of hydrogen-bond acceptors (Lipinski definition) is 3. The molecule has 4 heteroatoms. The number of thioether (sulfide) groups is 1. The van der Waals surface area contributed by atoms with Crippen molar-refractivity contribution >= 4 is 27.7 Å². The molecular weight excluding hydrogens is 322 g/mol. The van der Waals surface area contributed by atoms with Crippen molar-refractivity contribution < 1.29 is 5.11 Å². The third-order valence-electron chi connectivity index (χ3n) is 2.73. The van der Waals surface area contributed by atoms with Crippen LogP contribution in [0, 0.1) is 11.8 Å². The van der Waals surface area contributed by atoms with Crippen LogP contribution in [-0.4, -0.2) is 24.0 Å². The summed E-state index contributed by atoms with van der Waals surface area (Å²) in [5, 5.41) is 12.6. The molecule has 1 aromatic rings. The number of halogens is 1. The van der Waals surface area contributed by atoms with Crippen LogP contribution in [0.15, 0.2) is 27.6 Å². The van der Waals surface area contributed by atoms with Gasteiger partial charge in [0.05, 0.1) is 0 Å². The van der Waals surface area contributed by atoms with E-state index in [0.29, 0.717) is 11.8 Å². The zero-order valence-corrected chi connectivity index (χ0v) is 14.4. The number of benzene rings is 1. The molecule has 1 rings (SSSR count). The molecule has 0 aliphatic rings. The number of nitrogens with one attached hydrogen (secondary N) is 1. The molecule has 0 aromatic heterocycles. The van der Waals surface area contributed by atoms with Crippen molar-refractivity contribution in [1.82, 2.24) is 5.32 Å². The van der Waals surface area contributed by atoms with E-state index in [2.05, 4.69) is 60.2 Å². The van der Waals surface area contributed by atoms with E-state index in [1.54, 1.807) is 0 Å². The summed E-state index contributed by atoms with van der Waals surface area (Å²) in [5.74, 6) is 1.96. The van der Waals surface area contributed by atoms with Gasteiger partial charge < -0.3 is 10.4 Å². The van der Waals surface area contributed by atoms with E-state index in [9.17, 15) is 0 Å². The number of rotatable bonds is 8. The van der Waals surface area contributed by atoms with Gasteiger partial charge in [0.2, 0.25) is 0 Å². The summed E-state index contributed by atoms with van der Waals surface area (Å²) < 4.78 is 1.12. The van der Waals surface area contributed by atoms with Gasteiger partial charge in [-0.15, -0.1) is 11.8 Å². The largest absolute Gasteiger partial charge is 0.396 e. The van der Waals surface area contributed by atoms with Crippen LogP contribution in [0.1, 0.15) is 26.3 Å². The minimum absolute atomic E-state index is 0.254.